The summed E-state index contributed by atoms with van der Waals surface area (Å²) in [5, 5.41) is 9.45. The highest BCUT2D eigenvalue weighted by Crippen LogP contribution is 2.29. The van der Waals surface area contributed by atoms with Gasteiger partial charge in [0.15, 0.2) is 5.65 Å². The van der Waals surface area contributed by atoms with Gasteiger partial charge in [0.25, 0.3) is 0 Å². The molecule has 3 heterocycles. The van der Waals surface area contributed by atoms with Gasteiger partial charge in [-0.15, -0.1) is 10.2 Å². The lowest BCUT2D eigenvalue weighted by Gasteiger charge is -2.23. The molecular formula is C15H15BrN4O2. The molecule has 1 saturated heterocycles. The van der Waals surface area contributed by atoms with Crippen LogP contribution in [0.15, 0.2) is 27.5 Å². The first kappa shape index (κ1) is 13.9. The van der Waals surface area contributed by atoms with Crippen LogP contribution in [0.5, 0.6) is 0 Å². The molecule has 2 aromatic heterocycles. The molecule has 1 aliphatic rings. The average Bonchev–Trinajstić information content (AvgIpc) is 2.80. The number of ether oxygens (including phenoxy) is 1. The monoisotopic (exact) mass is 362 g/mol. The summed E-state index contributed by atoms with van der Waals surface area (Å²) in [6, 6.07) is 6.00. The second-order valence-corrected chi connectivity index (χ2v) is 6.50. The highest BCUT2D eigenvalue weighted by atomic mass is 79.9. The van der Waals surface area contributed by atoms with E-state index in [2.05, 4.69) is 26.1 Å². The maximum Gasteiger partial charge on any atom is 0.330 e. The van der Waals surface area contributed by atoms with Gasteiger partial charge in [-0.2, -0.15) is 0 Å². The van der Waals surface area contributed by atoms with E-state index in [-0.39, 0.29) is 11.7 Å². The Bertz CT molecular complexity index is 925. The highest BCUT2D eigenvalue weighted by Gasteiger charge is 2.24. The number of halogens is 1. The van der Waals surface area contributed by atoms with Crippen LogP contribution < -0.4 is 5.69 Å². The molecule has 4 rings (SSSR count). The molecule has 114 valence electrons. The van der Waals surface area contributed by atoms with E-state index in [0.29, 0.717) is 18.9 Å². The van der Waals surface area contributed by atoms with Crippen molar-refractivity contribution in [2.45, 2.75) is 18.9 Å². The lowest BCUT2D eigenvalue weighted by molar-refractivity contribution is 0.0697. The standard InChI is InChI=1S/C15H15BrN4O2/c1-19-14-13(11-8-9(16)2-3-12(11)17-18-14)20(15(19)21)10-4-6-22-7-5-10/h2-3,8,10H,4-7H2,1H3. The minimum absolute atomic E-state index is 0.0383. The van der Waals surface area contributed by atoms with Crippen LogP contribution in [0.3, 0.4) is 0 Å². The second kappa shape index (κ2) is 5.17. The summed E-state index contributed by atoms with van der Waals surface area (Å²) >= 11 is 3.50. The number of aromatic nitrogens is 4. The number of hydrogen-bond donors (Lipinski definition) is 0. The molecule has 6 nitrogen and oxygen atoms in total. The first-order valence-electron chi connectivity index (χ1n) is 7.27. The fourth-order valence-corrected chi connectivity index (χ4v) is 3.51. The lowest BCUT2D eigenvalue weighted by atomic mass is 10.1. The molecule has 0 spiro atoms. The normalized spacial score (nSPS) is 16.6. The molecule has 1 aliphatic heterocycles. The maximum absolute atomic E-state index is 12.7. The Labute approximate surface area is 134 Å². The smallest absolute Gasteiger partial charge is 0.330 e. The van der Waals surface area contributed by atoms with Crippen molar-refractivity contribution in [1.82, 2.24) is 19.3 Å². The van der Waals surface area contributed by atoms with Gasteiger partial charge in [-0.1, -0.05) is 15.9 Å². The van der Waals surface area contributed by atoms with Gasteiger partial charge in [0.2, 0.25) is 0 Å². The number of imidazole rings is 1. The molecule has 0 radical (unpaired) electrons. The molecule has 7 heteroatoms. The molecule has 0 N–H and O–H groups in total. The van der Waals surface area contributed by atoms with E-state index in [1.807, 2.05) is 22.8 Å². The van der Waals surface area contributed by atoms with Crippen LogP contribution in [0, 0.1) is 0 Å². The summed E-state index contributed by atoms with van der Waals surface area (Å²) in [5.74, 6) is 0. The fourth-order valence-electron chi connectivity index (χ4n) is 3.15. The predicted molar refractivity (Wildman–Crippen MR) is 87.1 cm³/mol. The summed E-state index contributed by atoms with van der Waals surface area (Å²) in [6.07, 6.45) is 1.69. The van der Waals surface area contributed by atoms with Gasteiger partial charge in [-0.05, 0) is 31.0 Å². The largest absolute Gasteiger partial charge is 0.381 e. The second-order valence-electron chi connectivity index (χ2n) is 5.59. The molecule has 0 amide bonds. The zero-order valence-electron chi connectivity index (χ0n) is 12.1. The number of hydrogen-bond acceptors (Lipinski definition) is 4. The van der Waals surface area contributed by atoms with E-state index in [0.717, 1.165) is 33.7 Å². The third-order valence-corrected chi connectivity index (χ3v) is 4.78. The van der Waals surface area contributed by atoms with Crippen molar-refractivity contribution in [3.05, 3.63) is 33.2 Å². The van der Waals surface area contributed by atoms with E-state index in [1.54, 1.807) is 11.6 Å². The van der Waals surface area contributed by atoms with E-state index >= 15 is 0 Å². The SMILES string of the molecule is Cn1c(=O)n(C2CCOCC2)c2c3cc(Br)ccc3nnc21. The van der Waals surface area contributed by atoms with Crippen LogP contribution in [-0.4, -0.2) is 32.5 Å². The van der Waals surface area contributed by atoms with Crippen molar-refractivity contribution in [1.29, 1.82) is 0 Å². The number of rotatable bonds is 1. The van der Waals surface area contributed by atoms with E-state index in [4.69, 9.17) is 4.74 Å². The fraction of sp³-hybridized carbons (Fsp3) is 0.400. The van der Waals surface area contributed by atoms with Gasteiger partial charge >= 0.3 is 5.69 Å². The first-order chi connectivity index (χ1) is 10.7. The quantitative estimate of drug-likeness (QED) is 0.666. The van der Waals surface area contributed by atoms with Gasteiger partial charge in [-0.25, -0.2) is 4.79 Å². The van der Waals surface area contributed by atoms with Crippen LogP contribution in [0.4, 0.5) is 0 Å². The van der Waals surface area contributed by atoms with Crippen molar-refractivity contribution >= 4 is 38.0 Å². The molecule has 1 aromatic carbocycles. The van der Waals surface area contributed by atoms with Crippen LogP contribution in [-0.2, 0) is 11.8 Å². The maximum atomic E-state index is 12.7. The summed E-state index contributed by atoms with van der Waals surface area (Å²) in [4.78, 5) is 12.7. The lowest BCUT2D eigenvalue weighted by Crippen LogP contribution is -2.29. The van der Waals surface area contributed by atoms with Gasteiger partial charge in [-0.3, -0.25) is 9.13 Å². The summed E-state index contributed by atoms with van der Waals surface area (Å²) in [7, 11) is 1.75. The van der Waals surface area contributed by atoms with Crippen LogP contribution >= 0.6 is 15.9 Å². The van der Waals surface area contributed by atoms with Crippen LogP contribution in [0.2, 0.25) is 0 Å². The molecule has 0 saturated carbocycles. The van der Waals surface area contributed by atoms with Gasteiger partial charge in [0.1, 0.15) is 5.52 Å². The van der Waals surface area contributed by atoms with Crippen molar-refractivity contribution in [2.75, 3.05) is 13.2 Å². The van der Waals surface area contributed by atoms with Crippen LogP contribution in [0.1, 0.15) is 18.9 Å². The average molecular weight is 363 g/mol. The third kappa shape index (κ3) is 1.99. The molecule has 0 atom stereocenters. The topological polar surface area (TPSA) is 61.9 Å². The predicted octanol–water partition coefficient (Wildman–Crippen LogP) is 2.40. The summed E-state index contributed by atoms with van der Waals surface area (Å²) in [5.41, 5.74) is 2.25. The summed E-state index contributed by atoms with van der Waals surface area (Å²) in [6.45, 7) is 1.38. The van der Waals surface area contributed by atoms with Gasteiger partial charge in [0, 0.05) is 36.2 Å². The Hall–Kier alpha value is -1.73. The molecule has 0 bridgehead atoms. The van der Waals surface area contributed by atoms with Crippen molar-refractivity contribution in [2.24, 2.45) is 7.05 Å². The molecule has 0 unspecified atom stereocenters. The van der Waals surface area contributed by atoms with Crippen molar-refractivity contribution in [3.8, 4) is 0 Å². The molecule has 3 aromatic rings. The molecule has 22 heavy (non-hydrogen) atoms. The Kier molecular flexibility index (Phi) is 3.27. The number of nitrogens with zero attached hydrogens (tertiary/aromatic N) is 4. The van der Waals surface area contributed by atoms with Crippen molar-refractivity contribution in [3.63, 3.8) is 0 Å². The van der Waals surface area contributed by atoms with Crippen LogP contribution in [0.25, 0.3) is 22.1 Å². The van der Waals surface area contributed by atoms with E-state index in [1.165, 1.54) is 0 Å². The summed E-state index contributed by atoms with van der Waals surface area (Å²) < 4.78 is 9.85. The zero-order valence-corrected chi connectivity index (χ0v) is 13.7. The Balaban J connectivity index is 2.11. The van der Waals surface area contributed by atoms with Crippen molar-refractivity contribution < 1.29 is 4.74 Å². The first-order valence-corrected chi connectivity index (χ1v) is 8.07. The number of benzene rings is 1. The van der Waals surface area contributed by atoms with E-state index in [9.17, 15) is 4.79 Å². The third-order valence-electron chi connectivity index (χ3n) is 4.29. The highest BCUT2D eigenvalue weighted by molar-refractivity contribution is 9.10. The number of fused-ring (bicyclic) bond motifs is 3. The molecule has 1 fully saturated rings. The zero-order chi connectivity index (χ0) is 15.3. The Morgan fingerprint density at radius 2 is 2.05 bits per heavy atom. The minimum atomic E-state index is -0.0383. The Morgan fingerprint density at radius 1 is 1.27 bits per heavy atom. The van der Waals surface area contributed by atoms with E-state index < -0.39 is 0 Å². The number of aryl methyl sites for hydroxylation is 1. The van der Waals surface area contributed by atoms with Gasteiger partial charge in [0.05, 0.1) is 5.52 Å². The molecule has 0 aliphatic carbocycles. The Morgan fingerprint density at radius 3 is 2.82 bits per heavy atom. The minimum Gasteiger partial charge on any atom is -0.381 e. The molecular weight excluding hydrogens is 348 g/mol. The van der Waals surface area contributed by atoms with Gasteiger partial charge < -0.3 is 4.74 Å².